The molecule has 1 atom stereocenters. The molecule has 2 aromatic rings. The van der Waals surface area contributed by atoms with Gasteiger partial charge in [-0.05, 0) is 36.1 Å². The molecule has 0 aromatic heterocycles. The van der Waals surface area contributed by atoms with Crippen molar-refractivity contribution in [2.24, 2.45) is 0 Å². The van der Waals surface area contributed by atoms with Crippen LogP contribution in [0.2, 0.25) is 0 Å². The Hall–Kier alpha value is -1.67. The van der Waals surface area contributed by atoms with Crippen LogP contribution in [0.1, 0.15) is 28.2 Å². The molecule has 0 amide bonds. The van der Waals surface area contributed by atoms with Gasteiger partial charge in [0, 0.05) is 19.0 Å². The van der Waals surface area contributed by atoms with E-state index >= 15 is 0 Å². The van der Waals surface area contributed by atoms with Crippen LogP contribution < -0.4 is 5.32 Å². The second-order valence-electron chi connectivity index (χ2n) is 5.33. The van der Waals surface area contributed by atoms with Crippen LogP contribution in [0, 0.1) is 12.7 Å². The fourth-order valence-corrected chi connectivity index (χ4v) is 2.89. The fourth-order valence-electron chi connectivity index (χ4n) is 2.89. The van der Waals surface area contributed by atoms with Gasteiger partial charge in [-0.1, -0.05) is 42.0 Å². The Morgan fingerprint density at radius 1 is 1.21 bits per heavy atom. The van der Waals surface area contributed by atoms with Crippen molar-refractivity contribution in [2.45, 2.75) is 25.8 Å². The molecule has 0 aliphatic carbocycles. The minimum Gasteiger partial charge on any atom is -0.312 e. The van der Waals surface area contributed by atoms with Crippen molar-refractivity contribution in [3.8, 4) is 0 Å². The Balaban J connectivity index is 1.90. The number of hydrogen-bond acceptors (Lipinski definition) is 1. The second kappa shape index (κ2) is 5.14. The van der Waals surface area contributed by atoms with Gasteiger partial charge in [0.1, 0.15) is 5.82 Å². The Bertz CT molecular complexity index is 592. The SMILES string of the molecule is Cc1ccc(F)c(CC2CNCc3ccccc32)c1. The largest absolute Gasteiger partial charge is 0.312 e. The van der Waals surface area contributed by atoms with Gasteiger partial charge >= 0.3 is 0 Å². The number of fused-ring (bicyclic) bond motifs is 1. The van der Waals surface area contributed by atoms with E-state index in [1.807, 2.05) is 19.1 Å². The molecule has 2 heteroatoms. The third-order valence-corrected chi connectivity index (χ3v) is 3.87. The molecule has 98 valence electrons. The summed E-state index contributed by atoms with van der Waals surface area (Å²) in [4.78, 5) is 0. The maximum atomic E-state index is 13.9. The maximum Gasteiger partial charge on any atom is 0.126 e. The molecule has 3 rings (SSSR count). The van der Waals surface area contributed by atoms with Gasteiger partial charge in [-0.2, -0.15) is 0 Å². The molecular weight excluding hydrogens is 237 g/mol. The van der Waals surface area contributed by atoms with Crippen LogP contribution in [0.25, 0.3) is 0 Å². The lowest BCUT2D eigenvalue weighted by molar-refractivity contribution is 0.524. The average molecular weight is 255 g/mol. The number of hydrogen-bond donors (Lipinski definition) is 1. The van der Waals surface area contributed by atoms with Crippen LogP contribution in [0.4, 0.5) is 4.39 Å². The van der Waals surface area contributed by atoms with Gasteiger partial charge in [-0.3, -0.25) is 0 Å². The molecule has 1 nitrogen and oxygen atoms in total. The number of nitrogens with one attached hydrogen (secondary N) is 1. The molecule has 1 aliphatic heterocycles. The van der Waals surface area contributed by atoms with Crippen LogP contribution in [0.3, 0.4) is 0 Å². The van der Waals surface area contributed by atoms with Crippen LogP contribution in [0.5, 0.6) is 0 Å². The maximum absolute atomic E-state index is 13.9. The van der Waals surface area contributed by atoms with E-state index in [-0.39, 0.29) is 5.82 Å². The van der Waals surface area contributed by atoms with Gasteiger partial charge < -0.3 is 5.32 Å². The van der Waals surface area contributed by atoms with Gasteiger partial charge in [-0.15, -0.1) is 0 Å². The normalized spacial score (nSPS) is 18.1. The first-order valence-electron chi connectivity index (χ1n) is 6.77. The van der Waals surface area contributed by atoms with E-state index in [0.717, 1.165) is 30.6 Å². The monoisotopic (exact) mass is 255 g/mol. The lowest BCUT2D eigenvalue weighted by atomic mass is 9.86. The molecule has 2 aromatic carbocycles. The lowest BCUT2D eigenvalue weighted by Crippen LogP contribution is -2.29. The standard InChI is InChI=1S/C17H18FN/c1-12-6-7-17(18)14(8-12)9-15-11-19-10-13-4-2-3-5-16(13)15/h2-8,15,19H,9-11H2,1H3. The quantitative estimate of drug-likeness (QED) is 0.865. The third kappa shape index (κ3) is 2.54. The van der Waals surface area contributed by atoms with Crippen molar-refractivity contribution in [1.29, 1.82) is 0 Å². The van der Waals surface area contributed by atoms with Gasteiger partial charge in [-0.25, -0.2) is 4.39 Å². The summed E-state index contributed by atoms with van der Waals surface area (Å²) in [6.07, 6.45) is 0.761. The third-order valence-electron chi connectivity index (χ3n) is 3.87. The molecule has 0 saturated heterocycles. The molecule has 0 fully saturated rings. The summed E-state index contributed by atoms with van der Waals surface area (Å²) in [6.45, 7) is 3.85. The molecule has 1 unspecified atom stereocenters. The Morgan fingerprint density at radius 2 is 2.05 bits per heavy atom. The van der Waals surface area contributed by atoms with Crippen LogP contribution in [-0.4, -0.2) is 6.54 Å². The predicted molar refractivity (Wildman–Crippen MR) is 75.7 cm³/mol. The van der Waals surface area contributed by atoms with E-state index in [2.05, 4.69) is 29.6 Å². The molecule has 0 bridgehead atoms. The van der Waals surface area contributed by atoms with Gasteiger partial charge in [0.05, 0.1) is 0 Å². The van der Waals surface area contributed by atoms with E-state index in [1.54, 1.807) is 6.07 Å². The smallest absolute Gasteiger partial charge is 0.126 e. The minimum atomic E-state index is -0.0892. The zero-order valence-corrected chi connectivity index (χ0v) is 11.1. The first kappa shape index (κ1) is 12.4. The summed E-state index contributed by atoms with van der Waals surface area (Å²) in [5.74, 6) is 0.273. The molecule has 19 heavy (non-hydrogen) atoms. The zero-order valence-electron chi connectivity index (χ0n) is 11.1. The predicted octanol–water partition coefficient (Wildman–Crippen LogP) is 3.56. The molecule has 1 heterocycles. The van der Waals surface area contributed by atoms with Gasteiger partial charge in [0.15, 0.2) is 0 Å². The number of halogens is 1. The van der Waals surface area contributed by atoms with Crippen molar-refractivity contribution in [3.63, 3.8) is 0 Å². The van der Waals surface area contributed by atoms with Crippen molar-refractivity contribution < 1.29 is 4.39 Å². The van der Waals surface area contributed by atoms with E-state index in [0.29, 0.717) is 5.92 Å². The van der Waals surface area contributed by atoms with Crippen molar-refractivity contribution in [1.82, 2.24) is 5.32 Å². The minimum absolute atomic E-state index is 0.0892. The lowest BCUT2D eigenvalue weighted by Gasteiger charge is -2.26. The number of rotatable bonds is 2. The van der Waals surface area contributed by atoms with Crippen LogP contribution in [-0.2, 0) is 13.0 Å². The molecule has 0 saturated carbocycles. The number of aryl methyl sites for hydroxylation is 1. The molecule has 1 aliphatic rings. The average Bonchev–Trinajstić information content (AvgIpc) is 2.43. The summed E-state index contributed by atoms with van der Waals surface area (Å²) < 4.78 is 13.9. The summed E-state index contributed by atoms with van der Waals surface area (Å²) in [5, 5.41) is 3.42. The van der Waals surface area contributed by atoms with Gasteiger partial charge in [0.25, 0.3) is 0 Å². The zero-order chi connectivity index (χ0) is 13.2. The van der Waals surface area contributed by atoms with Crippen molar-refractivity contribution >= 4 is 0 Å². The first-order chi connectivity index (χ1) is 9.24. The van der Waals surface area contributed by atoms with E-state index in [9.17, 15) is 4.39 Å². The van der Waals surface area contributed by atoms with E-state index in [1.165, 1.54) is 11.1 Å². The summed E-state index contributed by atoms with van der Waals surface area (Å²) in [6, 6.07) is 13.8. The Kier molecular flexibility index (Phi) is 3.34. The molecule has 0 radical (unpaired) electrons. The first-order valence-corrected chi connectivity index (χ1v) is 6.77. The Morgan fingerprint density at radius 3 is 2.95 bits per heavy atom. The van der Waals surface area contributed by atoms with Crippen molar-refractivity contribution in [3.05, 3.63) is 70.5 Å². The summed E-state index contributed by atoms with van der Waals surface area (Å²) >= 11 is 0. The van der Waals surface area contributed by atoms with E-state index < -0.39 is 0 Å². The second-order valence-corrected chi connectivity index (χ2v) is 5.33. The molecule has 0 spiro atoms. The highest BCUT2D eigenvalue weighted by Crippen LogP contribution is 2.28. The fraction of sp³-hybridized carbons (Fsp3) is 0.294. The highest BCUT2D eigenvalue weighted by molar-refractivity contribution is 5.35. The summed E-state index contributed by atoms with van der Waals surface area (Å²) in [5.41, 5.74) is 4.64. The van der Waals surface area contributed by atoms with Gasteiger partial charge in [0.2, 0.25) is 0 Å². The van der Waals surface area contributed by atoms with E-state index in [4.69, 9.17) is 0 Å². The Labute approximate surface area is 113 Å². The summed E-state index contributed by atoms with van der Waals surface area (Å²) in [7, 11) is 0. The van der Waals surface area contributed by atoms with Crippen LogP contribution in [0.15, 0.2) is 42.5 Å². The highest BCUT2D eigenvalue weighted by Gasteiger charge is 2.20. The molecule has 1 N–H and O–H groups in total. The van der Waals surface area contributed by atoms with Crippen LogP contribution >= 0.6 is 0 Å². The topological polar surface area (TPSA) is 12.0 Å². The van der Waals surface area contributed by atoms with Crippen molar-refractivity contribution in [2.75, 3.05) is 6.54 Å². The number of benzene rings is 2. The molecular formula is C17H18FN. The highest BCUT2D eigenvalue weighted by atomic mass is 19.1.